The van der Waals surface area contributed by atoms with E-state index in [0.29, 0.717) is 21.8 Å². The maximum atomic E-state index is 10.8. The zero-order valence-electron chi connectivity index (χ0n) is 92.2. The van der Waals surface area contributed by atoms with Crippen LogP contribution in [0.4, 0.5) is 0 Å². The minimum absolute atomic E-state index is 0.0293. The van der Waals surface area contributed by atoms with E-state index in [9.17, 15) is 26.0 Å². The molecular weight excluding hydrogens is 1170 g/mol. The van der Waals surface area contributed by atoms with Gasteiger partial charge in [-0.3, -0.25) is 13.7 Å². The molecule has 0 spiro atoms. The van der Waals surface area contributed by atoms with Crippen LogP contribution < -0.4 is 9.30 Å². The molecule has 0 aliphatic carbocycles. The molecule has 14 aromatic carbocycles. The molecule has 0 radical (unpaired) electrons. The summed E-state index contributed by atoms with van der Waals surface area (Å²) in [6.07, 6.45) is 4.33. The lowest BCUT2D eigenvalue weighted by molar-refractivity contribution is -0.571. The van der Waals surface area contributed by atoms with Crippen LogP contribution in [0, 0.1) is 13.2 Å². The maximum absolute atomic E-state index is 10.8. The smallest absolute Gasteiger partial charge is 0.269 e. The van der Waals surface area contributed by atoms with E-state index in [0.717, 1.165) is 29.0 Å². The van der Waals surface area contributed by atoms with Gasteiger partial charge in [0, 0.05) is 32.7 Å². The molecule has 96 heavy (non-hydrogen) atoms. The van der Waals surface area contributed by atoms with Crippen molar-refractivity contribution in [2.24, 2.45) is 0 Å². The summed E-state index contributed by atoms with van der Waals surface area (Å²) in [5, 5.41) is 1.14. The SMILES string of the molecule is [2H]c1c([2H])c([2H])c(-c2cc(-c3c([2H])c(-c4c([2H])c([2H])c([2H])c([2H])c4[2H])cc(-c4c([2H])c([2H])c([2H])c([2H])c4[2H])c3[2H])c(-[n+]3[c-]n(-c4cccc(Oc5ccc6c7ccccc7n(-c7cc(C([2H])([2H])[2H])c(-c8c([2H])c([2H])c([2H])c([2H])c8[2H])cn7)c6c5)c4)c4cc(-c5c([2H])c([2H])c([2H])c([2H])c5[2H])ccc43)c(-c3c([2H])c(-c4c([2H])c([2H])c([2H])c([2H])c4[2H])c([2H])c(-c4c([2H])c([2H])c([2H])c([2H])c4[2H])c3[2H])c2)c([2H])c1[2H]. The molecule has 17 aromatic rings. The molecule has 0 fully saturated rings. The lowest BCUT2D eigenvalue weighted by Crippen LogP contribution is -2.31. The maximum Gasteiger partial charge on any atom is 0.269 e. The predicted molar refractivity (Wildman–Crippen MR) is 396 cm³/mol. The number of hydrogen-bond acceptors (Lipinski definition) is 2. The number of aryl methyl sites for hydroxylation is 1. The van der Waals surface area contributed by atoms with Crippen LogP contribution in [0.2, 0.25) is 0 Å². The highest BCUT2D eigenvalue weighted by atomic mass is 16.5. The van der Waals surface area contributed by atoms with Gasteiger partial charge < -0.3 is 4.74 Å². The van der Waals surface area contributed by atoms with Crippen LogP contribution in [0.15, 0.2) is 357 Å². The monoisotopic (exact) mass is 1270 g/mol. The van der Waals surface area contributed by atoms with Crippen molar-refractivity contribution in [2.45, 2.75) is 6.85 Å². The molecule has 0 atom stereocenters. The fourth-order valence-corrected chi connectivity index (χ4v) is 11.3. The number of rotatable bonds is 14. The number of fused-ring (bicyclic) bond motifs is 4. The lowest BCUT2D eigenvalue weighted by atomic mass is 9.86. The minimum Gasteiger partial charge on any atom is -0.458 e. The largest absolute Gasteiger partial charge is 0.458 e. The van der Waals surface area contributed by atoms with E-state index < -0.39 is 349 Å². The van der Waals surface area contributed by atoms with Crippen molar-refractivity contribution < 1.29 is 68.2 Å². The van der Waals surface area contributed by atoms with E-state index in [4.69, 9.17) is 37.6 Å². The Bertz CT molecular complexity index is 8020. The average Bonchev–Trinajstić information content (AvgIpc) is 1.70. The Morgan fingerprint density at radius 1 is 0.365 bits per heavy atom. The molecule has 0 aliphatic heterocycles. The quantitative estimate of drug-likeness (QED) is 0.0803. The van der Waals surface area contributed by atoms with E-state index in [1.165, 1.54) is 53.1 Å². The molecule has 452 valence electrons. The average molecular weight is 1270 g/mol. The van der Waals surface area contributed by atoms with Crippen molar-refractivity contribution in [1.29, 1.82) is 0 Å². The topological polar surface area (TPSA) is 35.9 Å². The third-order valence-electron chi connectivity index (χ3n) is 15.5. The number of para-hydroxylation sites is 1. The van der Waals surface area contributed by atoms with Crippen molar-refractivity contribution in [3.8, 4) is 129 Å². The molecule has 0 N–H and O–H groups in total. The van der Waals surface area contributed by atoms with E-state index in [1.54, 1.807) is 47.0 Å². The van der Waals surface area contributed by atoms with Gasteiger partial charge in [0.05, 0.1) is 88.3 Å². The summed E-state index contributed by atoms with van der Waals surface area (Å²) < 4.78 is 409. The van der Waals surface area contributed by atoms with Crippen molar-refractivity contribution in [3.05, 3.63) is 369 Å². The fraction of sp³-hybridized carbons (Fsp3) is 0.0110. The molecule has 3 heterocycles. The molecule has 5 nitrogen and oxygen atoms in total. The first-order chi connectivity index (χ1) is 65.3. The summed E-state index contributed by atoms with van der Waals surface area (Å²) >= 11 is 0. The second-order valence-corrected chi connectivity index (χ2v) is 21.2. The molecule has 0 unspecified atom stereocenters. The second kappa shape index (κ2) is 24.7. The van der Waals surface area contributed by atoms with Crippen LogP contribution in [0.25, 0.3) is 150 Å². The number of nitrogens with zero attached hydrogens (tertiary/aromatic N) is 4. The molecule has 5 heteroatoms. The van der Waals surface area contributed by atoms with Gasteiger partial charge in [0.2, 0.25) is 0 Å². The van der Waals surface area contributed by atoms with Crippen LogP contribution in [0.5, 0.6) is 11.5 Å². The Morgan fingerprint density at radius 3 is 1.43 bits per heavy atom. The Balaban J connectivity index is 1.05. The van der Waals surface area contributed by atoms with Crippen LogP contribution in [0.1, 0.15) is 64.5 Å². The first-order valence-corrected chi connectivity index (χ1v) is 29.1. The Morgan fingerprint density at radius 2 is 0.854 bits per heavy atom. The van der Waals surface area contributed by atoms with Gasteiger partial charge in [-0.05, 0) is 204 Å². The molecule has 0 bridgehead atoms. The lowest BCUT2D eigenvalue weighted by Gasteiger charge is -2.22. The summed E-state index contributed by atoms with van der Waals surface area (Å²) in [6.45, 7) is -3.02. The number of imidazole rings is 1. The molecule has 0 amide bonds. The van der Waals surface area contributed by atoms with Crippen molar-refractivity contribution in [2.75, 3.05) is 0 Å². The van der Waals surface area contributed by atoms with Crippen LogP contribution in [0.3, 0.4) is 0 Å². The highest BCUT2D eigenvalue weighted by Gasteiger charge is 2.25. The second-order valence-electron chi connectivity index (χ2n) is 21.2. The van der Waals surface area contributed by atoms with Gasteiger partial charge in [-0.15, -0.1) is 0 Å². The molecular formula is C91H62N4O. The van der Waals surface area contributed by atoms with Gasteiger partial charge in [-0.25, -0.2) is 4.98 Å². The zero-order valence-corrected chi connectivity index (χ0v) is 49.2. The molecule has 0 aliphatic rings. The highest BCUT2D eigenvalue weighted by molar-refractivity contribution is 6.09. The Labute approximate surface area is 619 Å². The Kier molecular flexibility index (Phi) is 7.18. The molecule has 17 rings (SSSR count). The summed E-state index contributed by atoms with van der Waals surface area (Å²) in [7, 11) is 0. The zero-order chi connectivity index (χ0) is 101. The number of benzene rings is 14. The first-order valence-electron chi connectivity index (χ1n) is 50.6. The van der Waals surface area contributed by atoms with Crippen molar-refractivity contribution in [1.82, 2.24) is 14.1 Å². The van der Waals surface area contributed by atoms with E-state index in [-0.39, 0.29) is 45.2 Å². The Hall–Kier alpha value is -12.7. The molecule has 0 saturated heterocycles. The summed E-state index contributed by atoms with van der Waals surface area (Å²) in [6, 6.07) is -15.0. The molecule has 0 saturated carbocycles. The van der Waals surface area contributed by atoms with Gasteiger partial charge in [0.25, 0.3) is 6.33 Å². The third-order valence-corrected chi connectivity index (χ3v) is 15.5. The van der Waals surface area contributed by atoms with Crippen LogP contribution in [-0.2, 0) is 0 Å². The van der Waals surface area contributed by atoms with Gasteiger partial charge in [0.15, 0.2) is 0 Å². The normalized spacial score (nSPS) is 17.8. The predicted octanol–water partition coefficient (Wildman–Crippen LogP) is 23.3. The van der Waals surface area contributed by atoms with Gasteiger partial charge in [-0.2, -0.15) is 0 Å². The van der Waals surface area contributed by atoms with Crippen LogP contribution in [-0.4, -0.2) is 14.1 Å². The number of ether oxygens (including phenoxy) is 1. The van der Waals surface area contributed by atoms with Gasteiger partial charge >= 0.3 is 0 Å². The molecule has 3 aromatic heterocycles. The fourth-order valence-electron chi connectivity index (χ4n) is 11.3. The van der Waals surface area contributed by atoms with Crippen molar-refractivity contribution in [3.63, 3.8) is 0 Å². The number of hydrogen-bond donors (Lipinski definition) is 0. The van der Waals surface area contributed by atoms with E-state index >= 15 is 0 Å². The summed E-state index contributed by atoms with van der Waals surface area (Å²) in [5.41, 5.74) is -15.0. The van der Waals surface area contributed by atoms with Crippen LogP contribution >= 0.6 is 0 Å². The standard InChI is InChI=1S/C91H62N4O/c1-62-48-90(92-60-85(62)69-38-21-8-22-39-69)95-86-43-24-23-42-81(86)82-46-45-80(59-88(82)95)96-79-41-25-40-78(58-79)93-61-94(87-47-44-70(57-89(87)93)63-26-9-2-10-27-63)91-83(76-51-71(64-28-11-3-12-29-64)49-72(52-76)65-30-13-4-14-31-65)55-75(68-36-19-7-20-37-68)56-84(91)77-53-73(66-32-15-5-16-33-66)50-74(54-77)67-34-17-6-18-35-67/h2-60H,1H3/i1D3,2D,3D,4D,5D,6D,7D,8D,9D,10D,11D,12D,13D,14D,15D,16D,17D,18D,19D,20D,21D,22D,26D,27D,28D,29D,30D,31D,32D,33D,34D,35D,36D,37D,38D,39D,49D,51D,52D,53D,54D. The number of aromatic nitrogens is 4. The summed E-state index contributed by atoms with van der Waals surface area (Å²) in [5.74, 6) is -0.0467. The van der Waals surface area contributed by atoms with Gasteiger partial charge in [-0.1, -0.05) is 248 Å². The van der Waals surface area contributed by atoms with E-state index in [1.807, 2.05) is 0 Å². The first kappa shape index (κ1) is 27.9. The highest BCUT2D eigenvalue weighted by Crippen LogP contribution is 2.45. The number of pyridine rings is 1. The van der Waals surface area contributed by atoms with E-state index in [2.05, 4.69) is 11.3 Å². The van der Waals surface area contributed by atoms with Crippen molar-refractivity contribution >= 4 is 32.8 Å². The van der Waals surface area contributed by atoms with Gasteiger partial charge in [0.1, 0.15) is 17.3 Å². The minimum atomic E-state index is -3.02. The summed E-state index contributed by atoms with van der Waals surface area (Å²) in [4.78, 5) is 4.69. The third kappa shape index (κ3) is 10.9.